The molecule has 1 aromatic carbocycles. The zero-order valence-electron chi connectivity index (χ0n) is 9.75. The van der Waals surface area contributed by atoms with Gasteiger partial charge in [0, 0.05) is 11.1 Å². The van der Waals surface area contributed by atoms with E-state index in [2.05, 4.69) is 15.3 Å². The third kappa shape index (κ3) is 2.47. The monoisotopic (exact) mass is 255 g/mol. The summed E-state index contributed by atoms with van der Waals surface area (Å²) in [4.78, 5) is 0. The average molecular weight is 255 g/mol. The van der Waals surface area contributed by atoms with Crippen LogP contribution in [0.4, 0.5) is 13.2 Å². The molecule has 0 aromatic heterocycles. The standard InChI is InChI=1S/C12H10F3N2O/c1-7-11(8(2)17-16-7)9-5-3-4-6-10(9)18-12(13,14)15/h3-6H,1-2H3. The van der Waals surface area contributed by atoms with Crippen molar-refractivity contribution in [1.82, 2.24) is 5.43 Å². The molecule has 0 spiro atoms. The zero-order valence-corrected chi connectivity index (χ0v) is 9.75. The molecule has 1 aliphatic heterocycles. The van der Waals surface area contributed by atoms with E-state index in [1.807, 2.05) is 0 Å². The summed E-state index contributed by atoms with van der Waals surface area (Å²) in [6.45, 7) is 3.39. The number of nitrogens with zero attached hydrogens (tertiary/aromatic N) is 2. The smallest absolute Gasteiger partial charge is 0.405 e. The lowest BCUT2D eigenvalue weighted by Gasteiger charge is -2.14. The van der Waals surface area contributed by atoms with Gasteiger partial charge in [0.15, 0.2) is 0 Å². The number of rotatable bonds is 2. The molecule has 3 nitrogen and oxygen atoms in total. The number of alkyl halides is 3. The van der Waals surface area contributed by atoms with Crippen LogP contribution < -0.4 is 10.2 Å². The minimum atomic E-state index is -4.72. The Labute approximate surface area is 102 Å². The maximum absolute atomic E-state index is 12.3. The van der Waals surface area contributed by atoms with Crippen molar-refractivity contribution in [1.29, 1.82) is 0 Å². The van der Waals surface area contributed by atoms with Crippen molar-refractivity contribution in [3.8, 4) is 5.75 Å². The van der Waals surface area contributed by atoms with Gasteiger partial charge in [0.1, 0.15) is 5.75 Å². The number of benzene rings is 1. The van der Waals surface area contributed by atoms with Crippen molar-refractivity contribution in [2.24, 2.45) is 5.10 Å². The highest BCUT2D eigenvalue weighted by Gasteiger charge is 2.33. The van der Waals surface area contributed by atoms with Crippen LogP contribution in [0.25, 0.3) is 5.57 Å². The fourth-order valence-corrected chi connectivity index (χ4v) is 1.79. The van der Waals surface area contributed by atoms with Crippen molar-refractivity contribution in [2.75, 3.05) is 0 Å². The lowest BCUT2D eigenvalue weighted by molar-refractivity contribution is -0.274. The van der Waals surface area contributed by atoms with Crippen LogP contribution >= 0.6 is 0 Å². The molecule has 2 rings (SSSR count). The molecule has 0 aliphatic carbocycles. The van der Waals surface area contributed by atoms with Crippen LogP contribution in [0.5, 0.6) is 5.75 Å². The third-order valence-electron chi connectivity index (χ3n) is 2.46. The van der Waals surface area contributed by atoms with E-state index in [0.717, 1.165) is 0 Å². The molecular weight excluding hydrogens is 245 g/mol. The second-order valence-corrected chi connectivity index (χ2v) is 3.79. The Kier molecular flexibility index (Phi) is 3.02. The normalized spacial score (nSPS) is 15.5. The summed E-state index contributed by atoms with van der Waals surface area (Å²) < 4.78 is 40.9. The summed E-state index contributed by atoms with van der Waals surface area (Å²) >= 11 is 0. The van der Waals surface area contributed by atoms with Gasteiger partial charge in [-0.1, -0.05) is 18.2 Å². The van der Waals surface area contributed by atoms with E-state index in [4.69, 9.17) is 0 Å². The van der Waals surface area contributed by atoms with E-state index in [9.17, 15) is 13.2 Å². The number of hydrogen-bond donors (Lipinski definition) is 0. The minimum Gasteiger partial charge on any atom is -0.405 e. The first-order chi connectivity index (χ1) is 8.38. The Morgan fingerprint density at radius 3 is 2.33 bits per heavy atom. The van der Waals surface area contributed by atoms with Gasteiger partial charge in [0.05, 0.1) is 11.4 Å². The molecule has 1 heterocycles. The summed E-state index contributed by atoms with van der Waals surface area (Å²) in [5.74, 6) is -0.244. The molecule has 0 amide bonds. The third-order valence-corrected chi connectivity index (χ3v) is 2.46. The van der Waals surface area contributed by atoms with Crippen LogP contribution in [0.15, 0.2) is 35.1 Å². The largest absolute Gasteiger partial charge is 0.573 e. The van der Waals surface area contributed by atoms with E-state index < -0.39 is 6.36 Å². The van der Waals surface area contributed by atoms with Crippen molar-refractivity contribution < 1.29 is 17.9 Å². The first kappa shape index (κ1) is 12.5. The number of para-hydroxylation sites is 1. The molecule has 1 aromatic rings. The van der Waals surface area contributed by atoms with Crippen LogP contribution in [0.2, 0.25) is 0 Å². The van der Waals surface area contributed by atoms with E-state index in [0.29, 0.717) is 22.5 Å². The highest BCUT2D eigenvalue weighted by molar-refractivity contribution is 6.25. The van der Waals surface area contributed by atoms with Gasteiger partial charge in [-0.05, 0) is 19.9 Å². The van der Waals surface area contributed by atoms with Crippen LogP contribution in [-0.4, -0.2) is 12.1 Å². The minimum absolute atomic E-state index is 0.244. The van der Waals surface area contributed by atoms with Gasteiger partial charge in [0.2, 0.25) is 0 Å². The highest BCUT2D eigenvalue weighted by atomic mass is 19.4. The van der Waals surface area contributed by atoms with Crippen molar-refractivity contribution >= 4 is 11.3 Å². The fourth-order valence-electron chi connectivity index (χ4n) is 1.79. The summed E-state index contributed by atoms with van der Waals surface area (Å²) in [7, 11) is 0. The molecule has 0 fully saturated rings. The second kappa shape index (κ2) is 4.36. The predicted molar refractivity (Wildman–Crippen MR) is 61.0 cm³/mol. The van der Waals surface area contributed by atoms with Gasteiger partial charge in [-0.2, -0.15) is 10.5 Å². The molecule has 0 atom stereocenters. The maximum atomic E-state index is 12.3. The Morgan fingerprint density at radius 1 is 1.11 bits per heavy atom. The molecule has 18 heavy (non-hydrogen) atoms. The van der Waals surface area contributed by atoms with Crippen LogP contribution in [0, 0.1) is 0 Å². The van der Waals surface area contributed by atoms with Crippen LogP contribution in [-0.2, 0) is 0 Å². The van der Waals surface area contributed by atoms with Gasteiger partial charge >= 0.3 is 6.36 Å². The maximum Gasteiger partial charge on any atom is 0.573 e. The molecule has 0 N–H and O–H groups in total. The first-order valence-electron chi connectivity index (χ1n) is 5.20. The molecule has 1 radical (unpaired) electrons. The van der Waals surface area contributed by atoms with Gasteiger partial charge in [0.25, 0.3) is 0 Å². The SMILES string of the molecule is CC1=N[N]C(C)=C1c1ccccc1OC(F)(F)F. The molecule has 1 aliphatic rings. The van der Waals surface area contributed by atoms with Crippen LogP contribution in [0.3, 0.4) is 0 Å². The molecule has 95 valence electrons. The summed E-state index contributed by atoms with van der Waals surface area (Å²) in [6.07, 6.45) is -4.72. The van der Waals surface area contributed by atoms with Gasteiger partial charge < -0.3 is 4.74 Å². The topological polar surface area (TPSA) is 35.7 Å². The van der Waals surface area contributed by atoms with E-state index in [1.54, 1.807) is 26.0 Å². The average Bonchev–Trinajstić information content (AvgIpc) is 2.58. The van der Waals surface area contributed by atoms with E-state index >= 15 is 0 Å². The number of hydrogen-bond acceptors (Lipinski definition) is 2. The van der Waals surface area contributed by atoms with Gasteiger partial charge in [-0.15, -0.1) is 13.2 Å². The second-order valence-electron chi connectivity index (χ2n) is 3.79. The van der Waals surface area contributed by atoms with Crippen molar-refractivity contribution in [3.63, 3.8) is 0 Å². The molecule has 0 unspecified atom stereocenters. The fraction of sp³-hybridized carbons (Fsp3) is 0.250. The van der Waals surface area contributed by atoms with E-state index in [-0.39, 0.29) is 5.75 Å². The highest BCUT2D eigenvalue weighted by Crippen LogP contribution is 2.34. The molecule has 0 saturated carbocycles. The number of halogens is 3. The Morgan fingerprint density at radius 2 is 1.78 bits per heavy atom. The zero-order chi connectivity index (χ0) is 13.3. The molecular formula is C12H10F3N2O. The first-order valence-corrected chi connectivity index (χ1v) is 5.20. The predicted octanol–water partition coefficient (Wildman–Crippen LogP) is 3.31. The number of allylic oxidation sites excluding steroid dienone is 2. The van der Waals surface area contributed by atoms with E-state index in [1.165, 1.54) is 12.1 Å². The Bertz CT molecular complexity index is 532. The van der Waals surface area contributed by atoms with Gasteiger partial charge in [-0.3, -0.25) is 0 Å². The Balaban J connectivity index is 2.46. The van der Waals surface area contributed by atoms with Crippen LogP contribution in [0.1, 0.15) is 19.4 Å². The lowest BCUT2D eigenvalue weighted by atomic mass is 10.00. The van der Waals surface area contributed by atoms with Crippen molar-refractivity contribution in [2.45, 2.75) is 20.2 Å². The quantitative estimate of drug-likeness (QED) is 0.798. The molecule has 6 heteroatoms. The van der Waals surface area contributed by atoms with Crippen molar-refractivity contribution in [3.05, 3.63) is 35.5 Å². The molecule has 0 saturated heterocycles. The summed E-state index contributed by atoms with van der Waals surface area (Å²) in [5.41, 5.74) is 5.91. The summed E-state index contributed by atoms with van der Waals surface area (Å²) in [5, 5.41) is 3.84. The summed E-state index contributed by atoms with van der Waals surface area (Å²) in [6, 6.07) is 5.96. The lowest BCUT2D eigenvalue weighted by Crippen LogP contribution is -2.18. The number of ether oxygens (including phenoxy) is 1. The molecule has 0 bridgehead atoms. The Hall–Kier alpha value is -1.98. The van der Waals surface area contributed by atoms with Gasteiger partial charge in [-0.25, -0.2) is 0 Å².